The predicted octanol–water partition coefficient (Wildman–Crippen LogP) is 1.81. The summed E-state index contributed by atoms with van der Waals surface area (Å²) in [5.74, 6) is 0. The van der Waals surface area contributed by atoms with Gasteiger partial charge in [0, 0.05) is 25.2 Å². The van der Waals surface area contributed by atoms with Crippen molar-refractivity contribution < 1.29 is 4.39 Å². The minimum absolute atomic E-state index is 0.374. The van der Waals surface area contributed by atoms with Crippen LogP contribution in [-0.4, -0.2) is 42.8 Å². The third-order valence-corrected chi connectivity index (χ3v) is 2.96. The van der Waals surface area contributed by atoms with Crippen molar-refractivity contribution in [2.45, 2.75) is 51.9 Å². The van der Waals surface area contributed by atoms with Crippen LogP contribution in [0.2, 0.25) is 0 Å². The fraction of sp³-hybridized carbons (Fsp3) is 1.00. The topological polar surface area (TPSA) is 15.3 Å². The van der Waals surface area contributed by atoms with E-state index in [-0.39, 0.29) is 0 Å². The van der Waals surface area contributed by atoms with Gasteiger partial charge in [0.25, 0.3) is 0 Å². The van der Waals surface area contributed by atoms with Crippen molar-refractivity contribution >= 4 is 0 Å². The van der Waals surface area contributed by atoms with Gasteiger partial charge in [-0.1, -0.05) is 6.92 Å². The number of alkyl halides is 1. The molecule has 1 aliphatic heterocycles. The van der Waals surface area contributed by atoms with Crippen molar-refractivity contribution in [3.63, 3.8) is 0 Å². The summed E-state index contributed by atoms with van der Waals surface area (Å²) in [6, 6.07) is 0.840. The maximum atomic E-state index is 13.5. The quantitative estimate of drug-likeness (QED) is 0.751. The summed E-state index contributed by atoms with van der Waals surface area (Å²) in [4.78, 5) is 2.24. The van der Waals surface area contributed by atoms with E-state index in [2.05, 4.69) is 31.0 Å². The van der Waals surface area contributed by atoms with E-state index in [4.69, 9.17) is 0 Å². The van der Waals surface area contributed by atoms with Gasteiger partial charge in [-0.2, -0.15) is 0 Å². The molecule has 3 heteroatoms. The SMILES string of the molecule is CCNC1CCN(C(C)C)CC(F)C1. The van der Waals surface area contributed by atoms with Crippen LogP contribution in [-0.2, 0) is 0 Å². The Labute approximate surface area is 86.9 Å². The molecular formula is C11H23FN2. The van der Waals surface area contributed by atoms with Crippen LogP contribution in [0, 0.1) is 0 Å². The Morgan fingerprint density at radius 3 is 2.79 bits per heavy atom. The molecular weight excluding hydrogens is 179 g/mol. The third kappa shape index (κ3) is 3.54. The molecule has 0 amide bonds. The highest BCUT2D eigenvalue weighted by Crippen LogP contribution is 2.16. The van der Waals surface area contributed by atoms with Crippen molar-refractivity contribution in [1.29, 1.82) is 0 Å². The normalized spacial score (nSPS) is 30.6. The Morgan fingerprint density at radius 1 is 1.50 bits per heavy atom. The summed E-state index contributed by atoms with van der Waals surface area (Å²) in [6.45, 7) is 8.94. The summed E-state index contributed by atoms with van der Waals surface area (Å²) >= 11 is 0. The van der Waals surface area contributed by atoms with Crippen LogP contribution in [0.5, 0.6) is 0 Å². The van der Waals surface area contributed by atoms with Crippen LogP contribution in [0.25, 0.3) is 0 Å². The lowest BCUT2D eigenvalue weighted by molar-refractivity contribution is 0.173. The zero-order valence-electron chi connectivity index (χ0n) is 9.59. The van der Waals surface area contributed by atoms with E-state index in [0.29, 0.717) is 25.0 Å². The first-order chi connectivity index (χ1) is 6.63. The molecule has 84 valence electrons. The van der Waals surface area contributed by atoms with E-state index >= 15 is 0 Å². The molecule has 0 aliphatic carbocycles. The standard InChI is InChI=1S/C11H23FN2/c1-4-13-11-5-6-14(9(2)3)8-10(12)7-11/h9-11,13H,4-8H2,1-3H3. The number of nitrogens with zero attached hydrogens (tertiary/aromatic N) is 1. The lowest BCUT2D eigenvalue weighted by Crippen LogP contribution is -2.35. The minimum Gasteiger partial charge on any atom is -0.314 e. The molecule has 1 rings (SSSR count). The Morgan fingerprint density at radius 2 is 2.21 bits per heavy atom. The van der Waals surface area contributed by atoms with Crippen molar-refractivity contribution in [2.24, 2.45) is 0 Å². The highest BCUT2D eigenvalue weighted by atomic mass is 19.1. The van der Waals surface area contributed by atoms with E-state index in [1.807, 2.05) is 0 Å². The molecule has 14 heavy (non-hydrogen) atoms. The molecule has 2 atom stereocenters. The van der Waals surface area contributed by atoms with Crippen LogP contribution >= 0.6 is 0 Å². The molecule has 2 nitrogen and oxygen atoms in total. The van der Waals surface area contributed by atoms with Crippen molar-refractivity contribution in [2.75, 3.05) is 19.6 Å². The lowest BCUT2D eigenvalue weighted by atomic mass is 10.1. The maximum absolute atomic E-state index is 13.5. The van der Waals surface area contributed by atoms with Gasteiger partial charge in [-0.15, -0.1) is 0 Å². The van der Waals surface area contributed by atoms with Gasteiger partial charge in [-0.25, -0.2) is 4.39 Å². The highest BCUT2D eigenvalue weighted by molar-refractivity contribution is 4.81. The molecule has 0 spiro atoms. The van der Waals surface area contributed by atoms with Crippen molar-refractivity contribution in [3.8, 4) is 0 Å². The molecule has 1 saturated heterocycles. The van der Waals surface area contributed by atoms with Gasteiger partial charge >= 0.3 is 0 Å². The average Bonchev–Trinajstić information content (AvgIpc) is 2.28. The number of nitrogens with one attached hydrogen (secondary N) is 1. The molecule has 0 aromatic heterocycles. The maximum Gasteiger partial charge on any atom is 0.114 e. The summed E-state index contributed by atoms with van der Waals surface area (Å²) in [7, 11) is 0. The van der Waals surface area contributed by atoms with E-state index in [1.54, 1.807) is 0 Å². The second-order valence-electron chi connectivity index (χ2n) is 4.46. The average molecular weight is 202 g/mol. The monoisotopic (exact) mass is 202 g/mol. The highest BCUT2D eigenvalue weighted by Gasteiger charge is 2.24. The first kappa shape index (κ1) is 11.9. The summed E-state index contributed by atoms with van der Waals surface area (Å²) in [5, 5.41) is 3.35. The van der Waals surface area contributed by atoms with Crippen LogP contribution in [0.15, 0.2) is 0 Å². The zero-order valence-corrected chi connectivity index (χ0v) is 9.59. The van der Waals surface area contributed by atoms with Crippen molar-refractivity contribution in [3.05, 3.63) is 0 Å². The van der Waals surface area contributed by atoms with Gasteiger partial charge in [0.15, 0.2) is 0 Å². The molecule has 1 N–H and O–H groups in total. The Balaban J connectivity index is 2.44. The summed E-state index contributed by atoms with van der Waals surface area (Å²) < 4.78 is 13.5. The van der Waals surface area contributed by atoms with Gasteiger partial charge in [0.05, 0.1) is 0 Å². The van der Waals surface area contributed by atoms with Gasteiger partial charge < -0.3 is 5.32 Å². The second kappa shape index (κ2) is 5.66. The summed E-state index contributed by atoms with van der Waals surface area (Å²) in [5.41, 5.74) is 0. The van der Waals surface area contributed by atoms with Gasteiger partial charge in [0.2, 0.25) is 0 Å². The van der Waals surface area contributed by atoms with E-state index in [0.717, 1.165) is 19.5 Å². The number of hydrogen-bond acceptors (Lipinski definition) is 2. The zero-order chi connectivity index (χ0) is 10.6. The van der Waals surface area contributed by atoms with Crippen LogP contribution in [0.1, 0.15) is 33.6 Å². The van der Waals surface area contributed by atoms with E-state index < -0.39 is 6.17 Å². The van der Waals surface area contributed by atoms with Gasteiger partial charge in [-0.3, -0.25) is 4.90 Å². The first-order valence-electron chi connectivity index (χ1n) is 5.75. The minimum atomic E-state index is -0.663. The molecule has 0 aromatic rings. The third-order valence-electron chi connectivity index (χ3n) is 2.96. The number of halogens is 1. The van der Waals surface area contributed by atoms with Crippen LogP contribution < -0.4 is 5.32 Å². The lowest BCUT2D eigenvalue weighted by Gasteiger charge is -2.25. The molecule has 0 radical (unpaired) electrons. The fourth-order valence-corrected chi connectivity index (χ4v) is 2.11. The number of likely N-dealkylation sites (tertiary alicyclic amines) is 1. The fourth-order valence-electron chi connectivity index (χ4n) is 2.11. The van der Waals surface area contributed by atoms with Crippen LogP contribution in [0.3, 0.4) is 0 Å². The first-order valence-corrected chi connectivity index (χ1v) is 5.75. The predicted molar refractivity (Wildman–Crippen MR) is 58.3 cm³/mol. The number of hydrogen-bond donors (Lipinski definition) is 1. The molecule has 1 heterocycles. The molecule has 0 saturated carbocycles. The Hall–Kier alpha value is -0.150. The molecule has 0 aromatic carbocycles. The number of rotatable bonds is 3. The summed E-state index contributed by atoms with van der Waals surface area (Å²) in [6.07, 6.45) is 1.09. The van der Waals surface area contributed by atoms with Crippen LogP contribution in [0.4, 0.5) is 4.39 Å². The van der Waals surface area contributed by atoms with E-state index in [1.165, 1.54) is 0 Å². The smallest absolute Gasteiger partial charge is 0.114 e. The molecule has 2 unspecified atom stereocenters. The second-order valence-corrected chi connectivity index (χ2v) is 4.46. The molecule has 1 fully saturated rings. The van der Waals surface area contributed by atoms with Gasteiger partial charge in [0.1, 0.15) is 6.17 Å². The van der Waals surface area contributed by atoms with Gasteiger partial charge in [-0.05, 0) is 33.2 Å². The van der Waals surface area contributed by atoms with Crippen molar-refractivity contribution in [1.82, 2.24) is 10.2 Å². The Bertz CT molecular complexity index is 161. The van der Waals surface area contributed by atoms with E-state index in [9.17, 15) is 4.39 Å². The molecule has 0 bridgehead atoms. The largest absolute Gasteiger partial charge is 0.314 e. The Kier molecular flexibility index (Phi) is 4.82. The molecule has 1 aliphatic rings.